The van der Waals surface area contributed by atoms with Crippen molar-refractivity contribution in [1.82, 2.24) is 5.32 Å². The van der Waals surface area contributed by atoms with Gasteiger partial charge in [-0.25, -0.2) is 4.39 Å². The zero-order valence-electron chi connectivity index (χ0n) is 13.9. The molecule has 0 fully saturated rings. The highest BCUT2D eigenvalue weighted by Crippen LogP contribution is 2.15. The van der Waals surface area contributed by atoms with Crippen LogP contribution in [0.25, 0.3) is 0 Å². The van der Waals surface area contributed by atoms with Crippen molar-refractivity contribution >= 4 is 17.7 Å². The summed E-state index contributed by atoms with van der Waals surface area (Å²) in [6, 6.07) is 13.9. The van der Waals surface area contributed by atoms with Crippen LogP contribution in [0.15, 0.2) is 48.5 Å². The SMILES string of the molecule is Cc1ccccc1CSCCNC(=O)C(C)Oc1ccc(F)cc1. The summed E-state index contributed by atoms with van der Waals surface area (Å²) in [5.74, 6) is 1.75. The first-order valence-corrected chi connectivity index (χ1v) is 9.04. The zero-order valence-corrected chi connectivity index (χ0v) is 14.7. The number of thioether (sulfide) groups is 1. The Labute approximate surface area is 146 Å². The molecule has 2 rings (SSSR count). The lowest BCUT2D eigenvalue weighted by Crippen LogP contribution is -2.37. The van der Waals surface area contributed by atoms with Gasteiger partial charge in [-0.05, 0) is 49.2 Å². The lowest BCUT2D eigenvalue weighted by Gasteiger charge is -2.14. The topological polar surface area (TPSA) is 38.3 Å². The molecule has 3 nitrogen and oxygen atoms in total. The van der Waals surface area contributed by atoms with E-state index in [0.29, 0.717) is 12.3 Å². The van der Waals surface area contributed by atoms with Crippen LogP contribution in [0.3, 0.4) is 0 Å². The van der Waals surface area contributed by atoms with E-state index in [1.807, 2.05) is 12.1 Å². The van der Waals surface area contributed by atoms with Gasteiger partial charge in [0.05, 0.1) is 0 Å². The molecule has 1 unspecified atom stereocenters. The molecule has 0 radical (unpaired) electrons. The number of carbonyl (C=O) groups excluding carboxylic acids is 1. The van der Waals surface area contributed by atoms with E-state index in [1.165, 1.54) is 35.4 Å². The summed E-state index contributed by atoms with van der Waals surface area (Å²) < 4.78 is 18.3. The zero-order chi connectivity index (χ0) is 17.4. The molecule has 1 N–H and O–H groups in total. The number of hydrogen-bond donors (Lipinski definition) is 1. The van der Waals surface area contributed by atoms with Gasteiger partial charge in [-0.15, -0.1) is 0 Å². The molecular weight excluding hydrogens is 325 g/mol. The Hall–Kier alpha value is -2.01. The van der Waals surface area contributed by atoms with Gasteiger partial charge in [0, 0.05) is 18.1 Å². The quantitative estimate of drug-likeness (QED) is 0.735. The molecule has 24 heavy (non-hydrogen) atoms. The van der Waals surface area contributed by atoms with Crippen molar-refractivity contribution in [2.24, 2.45) is 0 Å². The van der Waals surface area contributed by atoms with Gasteiger partial charge >= 0.3 is 0 Å². The van der Waals surface area contributed by atoms with Gasteiger partial charge in [0.25, 0.3) is 5.91 Å². The molecule has 0 aromatic heterocycles. The molecule has 2 aromatic rings. The van der Waals surface area contributed by atoms with Crippen LogP contribution < -0.4 is 10.1 Å². The Bertz CT molecular complexity index is 661. The number of halogens is 1. The van der Waals surface area contributed by atoms with Crippen molar-refractivity contribution in [2.75, 3.05) is 12.3 Å². The summed E-state index contributed by atoms with van der Waals surface area (Å²) in [6.45, 7) is 4.37. The predicted octanol–water partition coefficient (Wildman–Crippen LogP) is 3.95. The van der Waals surface area contributed by atoms with Crippen LogP contribution in [0.1, 0.15) is 18.1 Å². The smallest absolute Gasteiger partial charge is 0.260 e. The summed E-state index contributed by atoms with van der Waals surface area (Å²) in [7, 11) is 0. The van der Waals surface area contributed by atoms with Gasteiger partial charge in [0.2, 0.25) is 0 Å². The fourth-order valence-corrected chi connectivity index (χ4v) is 3.05. The first-order valence-electron chi connectivity index (χ1n) is 7.88. The van der Waals surface area contributed by atoms with E-state index < -0.39 is 6.10 Å². The maximum atomic E-state index is 12.8. The van der Waals surface area contributed by atoms with Gasteiger partial charge in [0.1, 0.15) is 11.6 Å². The van der Waals surface area contributed by atoms with E-state index in [2.05, 4.69) is 24.4 Å². The summed E-state index contributed by atoms with van der Waals surface area (Å²) in [5.41, 5.74) is 2.61. The van der Waals surface area contributed by atoms with Crippen molar-refractivity contribution in [3.8, 4) is 5.75 Å². The van der Waals surface area contributed by atoms with Gasteiger partial charge in [-0.1, -0.05) is 24.3 Å². The average Bonchev–Trinajstić information content (AvgIpc) is 2.58. The highest BCUT2D eigenvalue weighted by atomic mass is 32.2. The Balaban J connectivity index is 1.65. The molecular formula is C19H22FNO2S. The second-order valence-electron chi connectivity index (χ2n) is 5.48. The lowest BCUT2D eigenvalue weighted by atomic mass is 10.1. The molecule has 0 aliphatic heterocycles. The molecule has 0 aliphatic carbocycles. The Morgan fingerprint density at radius 1 is 1.21 bits per heavy atom. The van der Waals surface area contributed by atoms with Crippen LogP contribution in [0.2, 0.25) is 0 Å². The van der Waals surface area contributed by atoms with E-state index >= 15 is 0 Å². The van der Waals surface area contributed by atoms with Crippen LogP contribution in [0.4, 0.5) is 4.39 Å². The number of hydrogen-bond acceptors (Lipinski definition) is 3. The van der Waals surface area contributed by atoms with E-state index in [0.717, 1.165) is 11.5 Å². The highest BCUT2D eigenvalue weighted by Gasteiger charge is 2.13. The van der Waals surface area contributed by atoms with Crippen LogP contribution in [-0.2, 0) is 10.5 Å². The van der Waals surface area contributed by atoms with Gasteiger partial charge in [0.15, 0.2) is 6.10 Å². The normalized spacial score (nSPS) is 11.8. The molecule has 0 saturated heterocycles. The van der Waals surface area contributed by atoms with Gasteiger partial charge < -0.3 is 10.1 Å². The number of carbonyl (C=O) groups is 1. The molecule has 0 heterocycles. The number of rotatable bonds is 8. The Kier molecular flexibility index (Phi) is 7.12. The molecule has 0 bridgehead atoms. The lowest BCUT2D eigenvalue weighted by molar-refractivity contribution is -0.127. The minimum absolute atomic E-state index is 0.171. The molecule has 128 valence electrons. The summed E-state index contributed by atoms with van der Waals surface area (Å²) >= 11 is 1.78. The average molecular weight is 347 g/mol. The maximum Gasteiger partial charge on any atom is 0.260 e. The van der Waals surface area contributed by atoms with E-state index in [1.54, 1.807) is 18.7 Å². The largest absolute Gasteiger partial charge is 0.481 e. The van der Waals surface area contributed by atoms with Gasteiger partial charge in [-0.2, -0.15) is 11.8 Å². The number of amides is 1. The van der Waals surface area contributed by atoms with Crippen molar-refractivity contribution in [1.29, 1.82) is 0 Å². The van der Waals surface area contributed by atoms with Crippen molar-refractivity contribution in [3.63, 3.8) is 0 Å². The molecule has 0 saturated carbocycles. The van der Waals surface area contributed by atoms with E-state index in [9.17, 15) is 9.18 Å². The number of ether oxygens (including phenoxy) is 1. The fraction of sp³-hybridized carbons (Fsp3) is 0.316. The maximum absolute atomic E-state index is 12.8. The highest BCUT2D eigenvalue weighted by molar-refractivity contribution is 7.98. The molecule has 1 amide bonds. The number of benzene rings is 2. The van der Waals surface area contributed by atoms with Gasteiger partial charge in [-0.3, -0.25) is 4.79 Å². The molecule has 2 aromatic carbocycles. The van der Waals surface area contributed by atoms with Crippen LogP contribution >= 0.6 is 11.8 Å². The van der Waals surface area contributed by atoms with Crippen molar-refractivity contribution in [2.45, 2.75) is 25.7 Å². The second kappa shape index (κ2) is 9.33. The standard InChI is InChI=1S/C19H22FNO2S/c1-14-5-3-4-6-16(14)13-24-12-11-21-19(22)15(2)23-18-9-7-17(20)8-10-18/h3-10,15H,11-13H2,1-2H3,(H,21,22). The third-order valence-electron chi connectivity index (χ3n) is 3.56. The number of aryl methyl sites for hydroxylation is 1. The Morgan fingerprint density at radius 2 is 1.92 bits per heavy atom. The fourth-order valence-electron chi connectivity index (χ4n) is 2.12. The van der Waals surface area contributed by atoms with Crippen LogP contribution in [0.5, 0.6) is 5.75 Å². The second-order valence-corrected chi connectivity index (χ2v) is 6.59. The Morgan fingerprint density at radius 3 is 2.62 bits per heavy atom. The third-order valence-corrected chi connectivity index (χ3v) is 4.57. The predicted molar refractivity (Wildman–Crippen MR) is 96.8 cm³/mol. The molecule has 0 spiro atoms. The molecule has 0 aliphatic rings. The van der Waals surface area contributed by atoms with Crippen LogP contribution in [0, 0.1) is 12.7 Å². The first kappa shape index (κ1) is 18.3. The molecule has 5 heteroatoms. The van der Waals surface area contributed by atoms with Crippen LogP contribution in [-0.4, -0.2) is 24.3 Å². The van der Waals surface area contributed by atoms with Crippen molar-refractivity contribution < 1.29 is 13.9 Å². The summed E-state index contributed by atoms with van der Waals surface area (Å²) in [6.07, 6.45) is -0.614. The van der Waals surface area contributed by atoms with Crippen molar-refractivity contribution in [3.05, 3.63) is 65.5 Å². The minimum atomic E-state index is -0.614. The van der Waals surface area contributed by atoms with E-state index in [4.69, 9.17) is 4.74 Å². The first-order chi connectivity index (χ1) is 11.6. The monoisotopic (exact) mass is 347 g/mol. The molecule has 1 atom stereocenters. The summed E-state index contributed by atoms with van der Waals surface area (Å²) in [5, 5.41) is 2.86. The third kappa shape index (κ3) is 5.89. The number of nitrogens with one attached hydrogen (secondary N) is 1. The van der Waals surface area contributed by atoms with E-state index in [-0.39, 0.29) is 11.7 Å². The summed E-state index contributed by atoms with van der Waals surface area (Å²) in [4.78, 5) is 12.0. The minimum Gasteiger partial charge on any atom is -0.481 e.